The SMILES string of the molecule is NC1CCC(CNc2cccc(-c3ccco3)c2)CC1. The van der Waals surface area contributed by atoms with Gasteiger partial charge >= 0.3 is 0 Å². The largest absolute Gasteiger partial charge is 0.464 e. The molecular weight excluding hydrogens is 248 g/mol. The molecule has 0 bridgehead atoms. The summed E-state index contributed by atoms with van der Waals surface area (Å²) in [4.78, 5) is 0. The van der Waals surface area contributed by atoms with E-state index in [-0.39, 0.29) is 0 Å². The second-order valence-electron chi connectivity index (χ2n) is 5.72. The van der Waals surface area contributed by atoms with Crippen molar-refractivity contribution in [3.63, 3.8) is 0 Å². The molecule has 0 unspecified atom stereocenters. The van der Waals surface area contributed by atoms with Gasteiger partial charge in [0.25, 0.3) is 0 Å². The van der Waals surface area contributed by atoms with E-state index in [9.17, 15) is 0 Å². The first-order valence-electron chi connectivity index (χ1n) is 7.44. The first kappa shape index (κ1) is 13.3. The van der Waals surface area contributed by atoms with E-state index in [0.29, 0.717) is 6.04 Å². The summed E-state index contributed by atoms with van der Waals surface area (Å²) in [5.41, 5.74) is 8.22. The minimum absolute atomic E-state index is 0.425. The zero-order chi connectivity index (χ0) is 13.8. The van der Waals surface area contributed by atoms with Crippen LogP contribution in [0.3, 0.4) is 0 Å². The fourth-order valence-corrected chi connectivity index (χ4v) is 2.88. The van der Waals surface area contributed by atoms with Gasteiger partial charge in [0, 0.05) is 23.8 Å². The number of rotatable bonds is 4. The topological polar surface area (TPSA) is 51.2 Å². The van der Waals surface area contributed by atoms with Crippen LogP contribution >= 0.6 is 0 Å². The minimum Gasteiger partial charge on any atom is -0.464 e. The Labute approximate surface area is 120 Å². The number of benzene rings is 1. The normalized spacial score (nSPS) is 22.6. The van der Waals surface area contributed by atoms with Gasteiger partial charge < -0.3 is 15.5 Å². The van der Waals surface area contributed by atoms with Crippen LogP contribution in [0.4, 0.5) is 5.69 Å². The molecule has 20 heavy (non-hydrogen) atoms. The highest BCUT2D eigenvalue weighted by molar-refractivity contribution is 5.63. The highest BCUT2D eigenvalue weighted by Crippen LogP contribution is 2.25. The van der Waals surface area contributed by atoms with Crippen molar-refractivity contribution in [2.75, 3.05) is 11.9 Å². The molecule has 1 fully saturated rings. The van der Waals surface area contributed by atoms with Crippen molar-refractivity contribution in [1.29, 1.82) is 0 Å². The molecule has 1 aromatic carbocycles. The second kappa shape index (κ2) is 6.14. The molecule has 1 saturated carbocycles. The fraction of sp³-hybridized carbons (Fsp3) is 0.412. The van der Waals surface area contributed by atoms with Crippen LogP contribution in [0, 0.1) is 5.92 Å². The van der Waals surface area contributed by atoms with Crippen molar-refractivity contribution >= 4 is 5.69 Å². The molecule has 2 aromatic rings. The lowest BCUT2D eigenvalue weighted by atomic mass is 9.86. The van der Waals surface area contributed by atoms with Gasteiger partial charge in [-0.1, -0.05) is 12.1 Å². The van der Waals surface area contributed by atoms with Gasteiger partial charge in [0.2, 0.25) is 0 Å². The summed E-state index contributed by atoms with van der Waals surface area (Å²) in [6.45, 7) is 1.04. The van der Waals surface area contributed by atoms with Gasteiger partial charge in [0.05, 0.1) is 6.26 Å². The summed E-state index contributed by atoms with van der Waals surface area (Å²) in [5.74, 6) is 1.67. The molecule has 3 nitrogen and oxygen atoms in total. The van der Waals surface area contributed by atoms with E-state index in [2.05, 4.69) is 29.6 Å². The minimum atomic E-state index is 0.425. The highest BCUT2D eigenvalue weighted by atomic mass is 16.3. The van der Waals surface area contributed by atoms with E-state index in [0.717, 1.165) is 29.5 Å². The lowest BCUT2D eigenvalue weighted by Gasteiger charge is -2.26. The number of nitrogens with one attached hydrogen (secondary N) is 1. The number of anilines is 1. The zero-order valence-corrected chi connectivity index (χ0v) is 11.7. The first-order valence-corrected chi connectivity index (χ1v) is 7.44. The standard InChI is InChI=1S/C17H22N2O/c18-15-8-6-13(7-9-15)12-19-16-4-1-3-14(11-16)17-5-2-10-20-17/h1-5,10-11,13,15,19H,6-9,12,18H2. The predicted octanol–water partition coefficient (Wildman–Crippen LogP) is 3.88. The van der Waals surface area contributed by atoms with Gasteiger partial charge in [0.1, 0.15) is 5.76 Å². The second-order valence-corrected chi connectivity index (χ2v) is 5.72. The molecule has 0 aliphatic heterocycles. The summed E-state index contributed by atoms with van der Waals surface area (Å²) in [6.07, 6.45) is 6.52. The van der Waals surface area contributed by atoms with E-state index in [1.807, 2.05) is 12.1 Å². The smallest absolute Gasteiger partial charge is 0.133 e. The average molecular weight is 270 g/mol. The van der Waals surface area contributed by atoms with Crippen molar-refractivity contribution in [2.24, 2.45) is 11.7 Å². The number of furan rings is 1. The summed E-state index contributed by atoms with van der Waals surface area (Å²) in [7, 11) is 0. The first-order chi connectivity index (χ1) is 9.81. The maximum absolute atomic E-state index is 5.95. The van der Waals surface area contributed by atoms with Crippen LogP contribution in [-0.2, 0) is 0 Å². The quantitative estimate of drug-likeness (QED) is 0.886. The zero-order valence-electron chi connectivity index (χ0n) is 11.7. The lowest BCUT2D eigenvalue weighted by molar-refractivity contribution is 0.339. The van der Waals surface area contributed by atoms with Crippen molar-refractivity contribution < 1.29 is 4.42 Å². The Bertz CT molecular complexity index is 528. The molecule has 1 aliphatic carbocycles. The van der Waals surface area contributed by atoms with Gasteiger partial charge in [-0.3, -0.25) is 0 Å². The number of nitrogens with two attached hydrogens (primary N) is 1. The van der Waals surface area contributed by atoms with Gasteiger partial charge in [0.15, 0.2) is 0 Å². The van der Waals surface area contributed by atoms with Crippen molar-refractivity contribution in [3.05, 3.63) is 42.7 Å². The molecule has 106 valence electrons. The molecule has 0 amide bonds. The molecule has 0 atom stereocenters. The average Bonchev–Trinajstić information content (AvgIpc) is 3.01. The summed E-state index contributed by atoms with van der Waals surface area (Å²) < 4.78 is 5.44. The Morgan fingerprint density at radius 2 is 1.95 bits per heavy atom. The van der Waals surface area contributed by atoms with Crippen LogP contribution in [0.5, 0.6) is 0 Å². The summed E-state index contributed by atoms with van der Waals surface area (Å²) in [5, 5.41) is 3.55. The number of hydrogen-bond donors (Lipinski definition) is 2. The van der Waals surface area contributed by atoms with E-state index in [1.54, 1.807) is 6.26 Å². The summed E-state index contributed by atoms with van der Waals surface area (Å²) >= 11 is 0. The van der Waals surface area contributed by atoms with Gasteiger partial charge in [-0.05, 0) is 55.9 Å². The molecule has 1 heterocycles. The maximum Gasteiger partial charge on any atom is 0.133 e. The molecule has 3 heteroatoms. The molecular formula is C17H22N2O. The third-order valence-corrected chi connectivity index (χ3v) is 4.15. The molecule has 0 radical (unpaired) electrons. The maximum atomic E-state index is 5.95. The predicted molar refractivity (Wildman–Crippen MR) is 82.6 cm³/mol. The molecule has 0 saturated heterocycles. The molecule has 1 aliphatic rings. The van der Waals surface area contributed by atoms with Crippen molar-refractivity contribution in [2.45, 2.75) is 31.7 Å². The third-order valence-electron chi connectivity index (χ3n) is 4.15. The Balaban J connectivity index is 1.59. The molecule has 0 spiro atoms. The molecule has 3 N–H and O–H groups in total. The number of hydrogen-bond acceptors (Lipinski definition) is 3. The lowest BCUT2D eigenvalue weighted by Crippen LogP contribution is -2.29. The van der Waals surface area contributed by atoms with Crippen LogP contribution in [0.25, 0.3) is 11.3 Å². The van der Waals surface area contributed by atoms with Crippen molar-refractivity contribution in [1.82, 2.24) is 0 Å². The van der Waals surface area contributed by atoms with Crippen molar-refractivity contribution in [3.8, 4) is 11.3 Å². The van der Waals surface area contributed by atoms with Crippen LogP contribution in [0.15, 0.2) is 47.1 Å². The van der Waals surface area contributed by atoms with E-state index in [4.69, 9.17) is 10.2 Å². The van der Waals surface area contributed by atoms with Crippen LogP contribution in [-0.4, -0.2) is 12.6 Å². The summed E-state index contributed by atoms with van der Waals surface area (Å²) in [6, 6.07) is 12.7. The third kappa shape index (κ3) is 3.23. The van der Waals surface area contributed by atoms with Crippen LogP contribution < -0.4 is 11.1 Å². The van der Waals surface area contributed by atoms with E-state index in [1.165, 1.54) is 25.7 Å². The van der Waals surface area contributed by atoms with E-state index < -0.39 is 0 Å². The Morgan fingerprint density at radius 3 is 2.70 bits per heavy atom. The molecule has 3 rings (SSSR count). The molecule has 1 aromatic heterocycles. The Hall–Kier alpha value is -1.74. The van der Waals surface area contributed by atoms with Crippen LogP contribution in [0.1, 0.15) is 25.7 Å². The van der Waals surface area contributed by atoms with Gasteiger partial charge in [-0.25, -0.2) is 0 Å². The van der Waals surface area contributed by atoms with E-state index >= 15 is 0 Å². The van der Waals surface area contributed by atoms with Gasteiger partial charge in [-0.2, -0.15) is 0 Å². The van der Waals surface area contributed by atoms with Crippen LogP contribution in [0.2, 0.25) is 0 Å². The highest BCUT2D eigenvalue weighted by Gasteiger charge is 2.18. The Morgan fingerprint density at radius 1 is 1.10 bits per heavy atom. The van der Waals surface area contributed by atoms with Gasteiger partial charge in [-0.15, -0.1) is 0 Å². The monoisotopic (exact) mass is 270 g/mol. The fourth-order valence-electron chi connectivity index (χ4n) is 2.88. The Kier molecular flexibility index (Phi) is 4.07.